The van der Waals surface area contributed by atoms with Crippen LogP contribution >= 0.6 is 11.6 Å². The van der Waals surface area contributed by atoms with Crippen molar-refractivity contribution in [3.05, 3.63) is 35.6 Å². The van der Waals surface area contributed by atoms with Gasteiger partial charge in [-0.25, -0.2) is 0 Å². The molecule has 0 unspecified atom stereocenters. The number of halogens is 1. The smallest absolute Gasteiger partial charge is 0.129 e. The fraction of sp³-hybridized carbons (Fsp3) is 0.0833. The predicted molar refractivity (Wildman–Crippen MR) is 69.9 cm³/mol. The van der Waals surface area contributed by atoms with Gasteiger partial charge in [-0.2, -0.15) is 5.10 Å². The molecule has 0 fully saturated rings. The zero-order valence-corrected chi connectivity index (χ0v) is 9.99. The second-order valence-electron chi connectivity index (χ2n) is 3.96. The number of aryl methyl sites for hydroxylation is 1. The van der Waals surface area contributed by atoms with Gasteiger partial charge in [-0.3, -0.25) is 4.68 Å². The maximum absolute atomic E-state index is 6.09. The molecule has 3 aromatic rings. The molecule has 5 heteroatoms. The van der Waals surface area contributed by atoms with Crippen molar-refractivity contribution in [3.63, 3.8) is 0 Å². The van der Waals surface area contributed by atoms with Gasteiger partial charge in [0.2, 0.25) is 0 Å². The number of aromatic nitrogens is 3. The first-order valence-corrected chi connectivity index (χ1v) is 5.59. The summed E-state index contributed by atoms with van der Waals surface area (Å²) in [4.78, 5) is 3.10. The summed E-state index contributed by atoms with van der Waals surface area (Å²) in [7, 11) is 1.82. The van der Waals surface area contributed by atoms with Crippen molar-refractivity contribution in [1.29, 1.82) is 0 Å². The van der Waals surface area contributed by atoms with Crippen LogP contribution in [0.15, 0.2) is 30.6 Å². The van der Waals surface area contributed by atoms with Crippen molar-refractivity contribution in [2.75, 3.05) is 5.73 Å². The Kier molecular flexibility index (Phi) is 2.12. The molecule has 0 radical (unpaired) electrons. The van der Waals surface area contributed by atoms with Crippen molar-refractivity contribution in [1.82, 2.24) is 14.8 Å². The zero-order chi connectivity index (χ0) is 12.0. The Bertz CT molecular complexity index is 696. The van der Waals surface area contributed by atoms with Gasteiger partial charge in [0.1, 0.15) is 5.82 Å². The number of nitrogens with zero attached hydrogens (tertiary/aromatic N) is 2. The number of nitrogens with one attached hydrogen (secondary N) is 1. The molecule has 0 bridgehead atoms. The number of hydrogen-bond donors (Lipinski definition) is 2. The highest BCUT2D eigenvalue weighted by molar-refractivity contribution is 6.35. The average Bonchev–Trinajstić information content (AvgIpc) is 2.85. The summed E-state index contributed by atoms with van der Waals surface area (Å²) in [5.74, 6) is 0.649. The van der Waals surface area contributed by atoms with Gasteiger partial charge >= 0.3 is 0 Å². The number of aromatic amines is 1. The molecule has 0 atom stereocenters. The quantitative estimate of drug-likeness (QED) is 0.694. The fourth-order valence-electron chi connectivity index (χ4n) is 1.92. The standard InChI is InChI=1S/C12H11ClN4/c1-17-12(14)9(5-16-17)7-2-3-11-8(4-7)10(13)6-15-11/h2-6,15H,14H2,1H3. The van der Waals surface area contributed by atoms with E-state index in [1.165, 1.54) is 0 Å². The Morgan fingerprint density at radius 2 is 2.24 bits per heavy atom. The third-order valence-corrected chi connectivity index (χ3v) is 3.24. The fourth-order valence-corrected chi connectivity index (χ4v) is 2.13. The first kappa shape index (κ1) is 10.2. The van der Waals surface area contributed by atoms with Crippen molar-refractivity contribution < 1.29 is 0 Å². The van der Waals surface area contributed by atoms with E-state index in [0.717, 1.165) is 22.0 Å². The van der Waals surface area contributed by atoms with Gasteiger partial charge < -0.3 is 10.7 Å². The van der Waals surface area contributed by atoms with Crippen LogP contribution in [-0.4, -0.2) is 14.8 Å². The van der Waals surface area contributed by atoms with Crippen LogP contribution in [0.4, 0.5) is 5.82 Å². The van der Waals surface area contributed by atoms with Crippen LogP contribution < -0.4 is 5.73 Å². The molecule has 0 aliphatic heterocycles. The van der Waals surface area contributed by atoms with Crippen LogP contribution in [0.25, 0.3) is 22.0 Å². The van der Waals surface area contributed by atoms with Gasteiger partial charge in [0.05, 0.1) is 11.2 Å². The van der Waals surface area contributed by atoms with Gasteiger partial charge in [-0.1, -0.05) is 17.7 Å². The Balaban J connectivity index is 2.24. The van der Waals surface area contributed by atoms with Gasteiger partial charge in [-0.15, -0.1) is 0 Å². The number of rotatable bonds is 1. The van der Waals surface area contributed by atoms with E-state index >= 15 is 0 Å². The molecule has 4 nitrogen and oxygen atoms in total. The minimum absolute atomic E-state index is 0.649. The molecule has 0 saturated carbocycles. The molecule has 0 aliphatic rings. The topological polar surface area (TPSA) is 59.6 Å². The largest absolute Gasteiger partial charge is 0.383 e. The molecule has 86 valence electrons. The van der Waals surface area contributed by atoms with E-state index < -0.39 is 0 Å². The molecule has 0 amide bonds. The van der Waals surface area contributed by atoms with Crippen LogP contribution in [0, 0.1) is 0 Å². The Morgan fingerprint density at radius 3 is 2.94 bits per heavy atom. The van der Waals surface area contributed by atoms with E-state index in [9.17, 15) is 0 Å². The van der Waals surface area contributed by atoms with Crippen molar-refractivity contribution in [2.45, 2.75) is 0 Å². The summed E-state index contributed by atoms with van der Waals surface area (Å²) in [5.41, 5.74) is 8.91. The molecule has 3 rings (SSSR count). The number of hydrogen-bond acceptors (Lipinski definition) is 2. The highest BCUT2D eigenvalue weighted by atomic mass is 35.5. The van der Waals surface area contributed by atoms with Crippen LogP contribution in [0.2, 0.25) is 5.02 Å². The van der Waals surface area contributed by atoms with Gasteiger partial charge in [-0.05, 0) is 17.7 Å². The Morgan fingerprint density at radius 1 is 1.41 bits per heavy atom. The highest BCUT2D eigenvalue weighted by Gasteiger charge is 2.09. The molecule has 0 saturated heterocycles. The van der Waals surface area contributed by atoms with E-state index in [2.05, 4.69) is 10.1 Å². The molecular weight excluding hydrogens is 236 g/mol. The van der Waals surface area contributed by atoms with E-state index in [4.69, 9.17) is 17.3 Å². The lowest BCUT2D eigenvalue weighted by Gasteiger charge is -2.01. The maximum atomic E-state index is 6.09. The van der Waals surface area contributed by atoms with Crippen LogP contribution in [0.5, 0.6) is 0 Å². The van der Waals surface area contributed by atoms with Gasteiger partial charge in [0.25, 0.3) is 0 Å². The third-order valence-electron chi connectivity index (χ3n) is 2.93. The number of nitrogen functional groups attached to an aromatic ring is 1. The Hall–Kier alpha value is -1.94. The van der Waals surface area contributed by atoms with Gasteiger partial charge in [0, 0.05) is 29.7 Å². The lowest BCUT2D eigenvalue weighted by molar-refractivity contribution is 0.779. The normalized spacial score (nSPS) is 11.2. The third kappa shape index (κ3) is 1.49. The van der Waals surface area contributed by atoms with E-state index in [0.29, 0.717) is 10.8 Å². The van der Waals surface area contributed by atoms with Crippen LogP contribution in [-0.2, 0) is 7.05 Å². The summed E-state index contributed by atoms with van der Waals surface area (Å²) in [6.45, 7) is 0. The lowest BCUT2D eigenvalue weighted by Crippen LogP contribution is -1.97. The molecule has 17 heavy (non-hydrogen) atoms. The minimum atomic E-state index is 0.649. The van der Waals surface area contributed by atoms with E-state index in [1.54, 1.807) is 17.1 Å². The molecule has 0 aliphatic carbocycles. The molecule has 0 spiro atoms. The summed E-state index contributed by atoms with van der Waals surface area (Å²) < 4.78 is 1.65. The second kappa shape index (κ2) is 3.53. The molecule has 3 N–H and O–H groups in total. The minimum Gasteiger partial charge on any atom is -0.383 e. The molecule has 2 heterocycles. The SMILES string of the molecule is Cn1ncc(-c2ccc3[nH]cc(Cl)c3c2)c1N. The van der Waals surface area contributed by atoms with Crippen molar-refractivity contribution in [2.24, 2.45) is 7.05 Å². The molecule has 2 aromatic heterocycles. The summed E-state index contributed by atoms with van der Waals surface area (Å²) in [6, 6.07) is 6.01. The lowest BCUT2D eigenvalue weighted by atomic mass is 10.1. The second-order valence-corrected chi connectivity index (χ2v) is 4.37. The summed E-state index contributed by atoms with van der Waals surface area (Å²) in [5, 5.41) is 5.84. The van der Waals surface area contributed by atoms with E-state index in [-0.39, 0.29) is 0 Å². The molecule has 1 aromatic carbocycles. The van der Waals surface area contributed by atoms with E-state index in [1.807, 2.05) is 25.2 Å². The number of anilines is 1. The average molecular weight is 247 g/mol. The van der Waals surface area contributed by atoms with Crippen LogP contribution in [0.3, 0.4) is 0 Å². The first-order valence-electron chi connectivity index (χ1n) is 5.21. The number of benzene rings is 1. The van der Waals surface area contributed by atoms with Gasteiger partial charge in [0.15, 0.2) is 0 Å². The number of nitrogens with two attached hydrogens (primary N) is 1. The monoisotopic (exact) mass is 246 g/mol. The summed E-state index contributed by atoms with van der Waals surface area (Å²) in [6.07, 6.45) is 3.54. The Labute approximate surface area is 103 Å². The number of H-pyrrole nitrogens is 1. The summed E-state index contributed by atoms with van der Waals surface area (Å²) >= 11 is 6.09. The van der Waals surface area contributed by atoms with Crippen LogP contribution in [0.1, 0.15) is 0 Å². The first-order chi connectivity index (χ1) is 8.16. The van der Waals surface area contributed by atoms with Crippen molar-refractivity contribution >= 4 is 28.3 Å². The van der Waals surface area contributed by atoms with Crippen molar-refractivity contribution in [3.8, 4) is 11.1 Å². The zero-order valence-electron chi connectivity index (χ0n) is 9.24. The maximum Gasteiger partial charge on any atom is 0.129 e. The molecular formula is C12H11ClN4. The number of fused-ring (bicyclic) bond motifs is 1. The predicted octanol–water partition coefficient (Wildman–Crippen LogP) is 2.80. The highest BCUT2D eigenvalue weighted by Crippen LogP contribution is 2.31.